The first kappa shape index (κ1) is 30.2. The minimum Gasteiger partial charge on any atom is -0.466 e. The molecule has 1 unspecified atom stereocenters. The molecule has 12 nitrogen and oxygen atoms in total. The lowest BCUT2D eigenvalue weighted by Gasteiger charge is -2.42. The molecule has 1 aliphatic rings. The van der Waals surface area contributed by atoms with Crippen molar-refractivity contribution in [3.8, 4) is 0 Å². The van der Waals surface area contributed by atoms with Crippen molar-refractivity contribution in [3.05, 3.63) is 23.5 Å². The molecule has 0 radical (unpaired) electrons. The van der Waals surface area contributed by atoms with Gasteiger partial charge in [0.25, 0.3) is 0 Å². The van der Waals surface area contributed by atoms with E-state index in [4.69, 9.17) is 14.2 Å². The second kappa shape index (κ2) is 13.0. The number of alkyl carbamates (subject to hydrolysis) is 1. The predicted octanol–water partition coefficient (Wildman–Crippen LogP) is 2.35. The van der Waals surface area contributed by atoms with Crippen LogP contribution < -0.4 is 10.6 Å². The summed E-state index contributed by atoms with van der Waals surface area (Å²) >= 11 is 0. The molecular weight excluding hydrogens is 482 g/mol. The number of amides is 2. The summed E-state index contributed by atoms with van der Waals surface area (Å²) in [6.45, 7) is 12.3. The topological polar surface area (TPSA) is 154 Å². The van der Waals surface area contributed by atoms with Gasteiger partial charge < -0.3 is 30.0 Å². The molecule has 12 heteroatoms. The molecule has 2 amide bonds. The number of nitrogens with zero attached hydrogens (tertiary/aromatic N) is 3. The first-order valence-corrected chi connectivity index (χ1v) is 12.7. The van der Waals surface area contributed by atoms with Crippen LogP contribution in [-0.2, 0) is 23.8 Å². The van der Waals surface area contributed by atoms with Crippen LogP contribution in [0.5, 0.6) is 0 Å². The van der Waals surface area contributed by atoms with Crippen LogP contribution >= 0.6 is 0 Å². The predicted molar refractivity (Wildman–Crippen MR) is 134 cm³/mol. The Kier molecular flexibility index (Phi) is 10.6. The van der Waals surface area contributed by atoms with Gasteiger partial charge in [0.1, 0.15) is 17.3 Å². The maximum atomic E-state index is 13.0. The number of esters is 1. The fraction of sp³-hybridized carbons (Fsp3) is 0.720. The summed E-state index contributed by atoms with van der Waals surface area (Å²) in [6.07, 6.45) is 2.37. The first-order valence-electron chi connectivity index (χ1n) is 12.7. The molecule has 0 spiro atoms. The zero-order valence-corrected chi connectivity index (χ0v) is 23.0. The lowest BCUT2D eigenvalue weighted by atomic mass is 9.83. The number of aliphatic hydroxyl groups is 1. The van der Waals surface area contributed by atoms with Gasteiger partial charge >= 0.3 is 12.1 Å². The van der Waals surface area contributed by atoms with Crippen LogP contribution in [0.25, 0.3) is 0 Å². The highest BCUT2D eigenvalue weighted by atomic mass is 16.6. The third-order valence-corrected chi connectivity index (χ3v) is 6.02. The Labute approximate surface area is 218 Å². The molecule has 0 saturated carbocycles. The van der Waals surface area contributed by atoms with E-state index >= 15 is 0 Å². The van der Waals surface area contributed by atoms with E-state index in [1.807, 2.05) is 13.8 Å². The van der Waals surface area contributed by atoms with Crippen molar-refractivity contribution >= 4 is 18.0 Å². The van der Waals surface area contributed by atoms with E-state index in [0.29, 0.717) is 25.0 Å². The number of rotatable bonds is 10. The molecule has 208 valence electrons. The monoisotopic (exact) mass is 523 g/mol. The van der Waals surface area contributed by atoms with Crippen molar-refractivity contribution in [2.45, 2.75) is 110 Å². The van der Waals surface area contributed by atoms with Crippen LogP contribution in [0.3, 0.4) is 0 Å². The summed E-state index contributed by atoms with van der Waals surface area (Å²) in [5, 5.41) is 24.2. The van der Waals surface area contributed by atoms with Gasteiger partial charge in [-0.3, -0.25) is 4.79 Å². The fourth-order valence-electron chi connectivity index (χ4n) is 4.22. The molecule has 0 bridgehead atoms. The molecule has 0 aliphatic heterocycles. The SMILES string of the molecule is CCC(CC)O[C@@H]1C=C(C(=O)OC)[C@H](n2cc(C(O)CC)nn2)[C@H](NC(=O)OC(C)(C)C)[C@H]1NC(C)=O. The number of hydrogen-bond acceptors (Lipinski definition) is 9. The van der Waals surface area contributed by atoms with E-state index < -0.39 is 48.0 Å². The molecule has 2 rings (SSSR count). The minimum absolute atomic E-state index is 0.156. The molecule has 1 aromatic heterocycles. The molecule has 37 heavy (non-hydrogen) atoms. The fourth-order valence-corrected chi connectivity index (χ4v) is 4.22. The van der Waals surface area contributed by atoms with Crippen molar-refractivity contribution < 1.29 is 33.7 Å². The van der Waals surface area contributed by atoms with Crippen LogP contribution in [0.4, 0.5) is 4.79 Å². The Bertz CT molecular complexity index is 967. The summed E-state index contributed by atoms with van der Waals surface area (Å²) in [6, 6.07) is -2.71. The number of aromatic nitrogens is 3. The van der Waals surface area contributed by atoms with Crippen LogP contribution in [0.2, 0.25) is 0 Å². The normalized spacial score (nSPS) is 22.7. The highest BCUT2D eigenvalue weighted by Gasteiger charge is 2.47. The summed E-state index contributed by atoms with van der Waals surface area (Å²) < 4.78 is 18.2. The molecule has 1 aliphatic carbocycles. The maximum Gasteiger partial charge on any atom is 0.408 e. The molecule has 1 heterocycles. The van der Waals surface area contributed by atoms with E-state index in [2.05, 4.69) is 20.9 Å². The zero-order valence-electron chi connectivity index (χ0n) is 23.0. The number of aliphatic hydroxyl groups excluding tert-OH is 1. The number of hydrogen-bond donors (Lipinski definition) is 3. The van der Waals surface area contributed by atoms with Gasteiger partial charge in [-0.15, -0.1) is 5.10 Å². The summed E-state index contributed by atoms with van der Waals surface area (Å²) in [5.74, 6) is -1.01. The minimum atomic E-state index is -0.955. The first-order chi connectivity index (χ1) is 17.3. The lowest BCUT2D eigenvalue weighted by molar-refractivity contribution is -0.137. The van der Waals surface area contributed by atoms with E-state index in [9.17, 15) is 19.5 Å². The van der Waals surface area contributed by atoms with Crippen molar-refractivity contribution in [1.82, 2.24) is 25.6 Å². The number of ether oxygens (including phenoxy) is 3. The average Bonchev–Trinajstić information content (AvgIpc) is 3.31. The second-order valence-electron chi connectivity index (χ2n) is 10.0. The van der Waals surface area contributed by atoms with Crippen LogP contribution in [0.15, 0.2) is 17.8 Å². The van der Waals surface area contributed by atoms with Crippen molar-refractivity contribution in [2.24, 2.45) is 0 Å². The molecular formula is C25H41N5O7. The van der Waals surface area contributed by atoms with Crippen LogP contribution in [-0.4, -0.2) is 75.1 Å². The lowest BCUT2D eigenvalue weighted by Crippen LogP contribution is -2.63. The van der Waals surface area contributed by atoms with Crippen LogP contribution in [0, 0.1) is 0 Å². The van der Waals surface area contributed by atoms with Crippen molar-refractivity contribution in [1.29, 1.82) is 0 Å². The Balaban J connectivity index is 2.70. The molecule has 1 aromatic rings. The second-order valence-corrected chi connectivity index (χ2v) is 10.0. The van der Waals surface area contributed by atoms with Gasteiger partial charge in [0, 0.05) is 6.92 Å². The van der Waals surface area contributed by atoms with E-state index in [1.54, 1.807) is 33.8 Å². The molecule has 0 fully saturated rings. The smallest absolute Gasteiger partial charge is 0.408 e. The van der Waals surface area contributed by atoms with Gasteiger partial charge in [0.15, 0.2) is 0 Å². The van der Waals surface area contributed by atoms with Gasteiger partial charge in [0.2, 0.25) is 5.91 Å². The number of methoxy groups -OCH3 is 1. The molecule has 3 N–H and O–H groups in total. The van der Waals surface area contributed by atoms with Gasteiger partial charge in [-0.05, 0) is 46.1 Å². The van der Waals surface area contributed by atoms with Gasteiger partial charge in [-0.1, -0.05) is 26.0 Å². The van der Waals surface area contributed by atoms with Crippen molar-refractivity contribution in [2.75, 3.05) is 7.11 Å². The third kappa shape index (κ3) is 8.00. The number of carbonyl (C=O) groups is 3. The zero-order chi connectivity index (χ0) is 27.9. The Morgan fingerprint density at radius 3 is 2.27 bits per heavy atom. The van der Waals surface area contributed by atoms with E-state index in [0.717, 1.165) is 0 Å². The third-order valence-electron chi connectivity index (χ3n) is 6.02. The van der Waals surface area contributed by atoms with Crippen LogP contribution in [0.1, 0.15) is 85.6 Å². The average molecular weight is 524 g/mol. The maximum absolute atomic E-state index is 13.0. The highest BCUT2D eigenvalue weighted by Crippen LogP contribution is 2.34. The highest BCUT2D eigenvalue weighted by molar-refractivity contribution is 5.90. The summed E-state index contributed by atoms with van der Waals surface area (Å²) in [7, 11) is 1.25. The number of carbonyl (C=O) groups excluding carboxylic acids is 3. The van der Waals surface area contributed by atoms with E-state index in [-0.39, 0.29) is 17.6 Å². The van der Waals surface area contributed by atoms with Crippen molar-refractivity contribution in [3.63, 3.8) is 0 Å². The number of nitrogens with one attached hydrogen (secondary N) is 2. The molecule has 0 saturated heterocycles. The molecule has 0 aromatic carbocycles. The van der Waals surface area contributed by atoms with Gasteiger partial charge in [0.05, 0.1) is 49.3 Å². The summed E-state index contributed by atoms with van der Waals surface area (Å²) in [4.78, 5) is 38.3. The quantitative estimate of drug-likeness (QED) is 0.392. The largest absolute Gasteiger partial charge is 0.466 e. The Morgan fingerprint density at radius 2 is 1.76 bits per heavy atom. The summed E-state index contributed by atoms with van der Waals surface area (Å²) in [5.41, 5.74) is -0.340. The Morgan fingerprint density at radius 1 is 1.11 bits per heavy atom. The molecule has 5 atom stereocenters. The van der Waals surface area contributed by atoms with Gasteiger partial charge in [-0.2, -0.15) is 0 Å². The van der Waals surface area contributed by atoms with Gasteiger partial charge in [-0.25, -0.2) is 14.3 Å². The van der Waals surface area contributed by atoms with E-state index in [1.165, 1.54) is 24.9 Å². The Hall–Kier alpha value is -2.99. The standard InChI is InChI=1S/C25H41N5O7/c1-9-15(10-2)36-19-12-16(23(33)35-8)22(30-13-17(28-29-30)18(32)11-3)21(20(19)26-14(4)31)27-24(34)37-25(5,6)7/h12-13,15,18-22,32H,9-11H2,1-8H3,(H,26,31)(H,27,34)/t18?,19-,20+,21-,22+/m1/s1.